The van der Waals surface area contributed by atoms with Crippen LogP contribution < -0.4 is 0 Å². The predicted molar refractivity (Wildman–Crippen MR) is 31.0 cm³/mol. The minimum atomic E-state index is -5.08. The summed E-state index contributed by atoms with van der Waals surface area (Å²) in [4.78, 5) is 9.94. The van der Waals surface area contributed by atoms with Crippen molar-refractivity contribution in [2.75, 3.05) is 0 Å². The molecule has 3 nitrogen and oxygen atoms in total. The molecular formula is C5H5F6NO2. The SMILES string of the molecule is CC(F)(C(F)F)C(F)(C(=O)O)N(F)F. The second-order valence-electron chi connectivity index (χ2n) is 2.54. The number of alkyl halides is 4. The van der Waals surface area contributed by atoms with E-state index in [9.17, 15) is 31.3 Å². The number of halogens is 6. The van der Waals surface area contributed by atoms with Crippen molar-refractivity contribution < 1.29 is 36.4 Å². The molecule has 0 radical (unpaired) electrons. The van der Waals surface area contributed by atoms with Gasteiger partial charge in [-0.3, -0.25) is 0 Å². The molecule has 0 bridgehead atoms. The van der Waals surface area contributed by atoms with E-state index in [4.69, 9.17) is 5.11 Å². The predicted octanol–water partition coefficient (Wildman–Crippen LogP) is 1.80. The van der Waals surface area contributed by atoms with Gasteiger partial charge in [0.05, 0.1) is 5.34 Å². The molecule has 1 N–H and O–H groups in total. The van der Waals surface area contributed by atoms with Crippen molar-refractivity contribution in [2.45, 2.75) is 24.8 Å². The van der Waals surface area contributed by atoms with Crippen molar-refractivity contribution in [1.82, 2.24) is 5.34 Å². The monoisotopic (exact) mass is 225 g/mol. The summed E-state index contributed by atoms with van der Waals surface area (Å²) in [6, 6.07) is 0. The fraction of sp³-hybridized carbons (Fsp3) is 0.800. The highest BCUT2D eigenvalue weighted by atomic mass is 19.4. The van der Waals surface area contributed by atoms with Crippen LogP contribution in [0.3, 0.4) is 0 Å². The Bertz CT molecular complexity index is 232. The molecule has 0 aliphatic rings. The van der Waals surface area contributed by atoms with Gasteiger partial charge in [0.1, 0.15) is 0 Å². The van der Waals surface area contributed by atoms with E-state index in [1.165, 1.54) is 0 Å². The Morgan fingerprint density at radius 2 is 1.71 bits per heavy atom. The van der Waals surface area contributed by atoms with E-state index in [0.29, 0.717) is 0 Å². The Morgan fingerprint density at radius 1 is 1.36 bits per heavy atom. The highest BCUT2D eigenvalue weighted by Gasteiger charge is 2.68. The van der Waals surface area contributed by atoms with Gasteiger partial charge in [0, 0.05) is 0 Å². The van der Waals surface area contributed by atoms with Crippen molar-refractivity contribution in [3.8, 4) is 0 Å². The number of nitrogens with zero attached hydrogens (tertiary/aromatic N) is 1. The van der Waals surface area contributed by atoms with Gasteiger partial charge >= 0.3 is 11.8 Å². The molecule has 9 heteroatoms. The lowest BCUT2D eigenvalue weighted by molar-refractivity contribution is -0.323. The van der Waals surface area contributed by atoms with Crippen molar-refractivity contribution in [3.63, 3.8) is 0 Å². The van der Waals surface area contributed by atoms with E-state index >= 15 is 0 Å². The molecule has 0 saturated heterocycles. The van der Waals surface area contributed by atoms with E-state index in [1.54, 1.807) is 0 Å². The zero-order chi connectivity index (χ0) is 11.7. The Kier molecular flexibility index (Phi) is 3.38. The lowest BCUT2D eigenvalue weighted by Crippen LogP contribution is -2.61. The maximum Gasteiger partial charge on any atom is 0.366 e. The molecule has 2 unspecified atom stereocenters. The molecule has 0 heterocycles. The van der Waals surface area contributed by atoms with E-state index < -0.39 is 29.2 Å². The van der Waals surface area contributed by atoms with Gasteiger partial charge in [-0.25, -0.2) is 22.4 Å². The first-order valence-corrected chi connectivity index (χ1v) is 3.09. The first kappa shape index (κ1) is 13.0. The van der Waals surface area contributed by atoms with E-state index in [-0.39, 0.29) is 6.92 Å². The lowest BCUT2D eigenvalue weighted by atomic mass is 9.97. The van der Waals surface area contributed by atoms with Gasteiger partial charge in [-0.2, -0.15) is 0 Å². The van der Waals surface area contributed by atoms with Crippen LogP contribution >= 0.6 is 0 Å². The van der Waals surface area contributed by atoms with Gasteiger partial charge in [-0.15, -0.1) is 0 Å². The first-order valence-electron chi connectivity index (χ1n) is 3.09. The number of hydrogen-bond acceptors (Lipinski definition) is 2. The number of carbonyl (C=O) groups is 1. The molecule has 0 spiro atoms. The topological polar surface area (TPSA) is 40.5 Å². The highest BCUT2D eigenvalue weighted by molar-refractivity contribution is 5.78. The second kappa shape index (κ2) is 3.64. The zero-order valence-corrected chi connectivity index (χ0v) is 6.65. The zero-order valence-electron chi connectivity index (χ0n) is 6.65. The first-order chi connectivity index (χ1) is 6.08. The van der Waals surface area contributed by atoms with Gasteiger partial charge in [0.15, 0.2) is 0 Å². The summed E-state index contributed by atoms with van der Waals surface area (Å²) in [5, 5.41) is 5.18. The quantitative estimate of drug-likeness (QED) is 0.450. The summed E-state index contributed by atoms with van der Waals surface area (Å²) < 4.78 is 72.5. The number of carboxylic acids is 1. The standard InChI is InChI=1S/C5H5F6NO2/c1-4(8,2(6)7)5(9,3(13)14)12(10)11/h2H,1H3,(H,13,14). The normalized spacial score (nSPS) is 20.6. The summed E-state index contributed by atoms with van der Waals surface area (Å²) in [5.41, 5.74) is -4.53. The second-order valence-corrected chi connectivity index (χ2v) is 2.54. The fourth-order valence-electron chi connectivity index (χ4n) is 0.591. The lowest BCUT2D eigenvalue weighted by Gasteiger charge is -2.31. The van der Waals surface area contributed by atoms with Crippen LogP contribution in [0.1, 0.15) is 6.92 Å². The molecule has 0 aromatic rings. The van der Waals surface area contributed by atoms with Crippen LogP contribution in [0.4, 0.5) is 26.5 Å². The van der Waals surface area contributed by atoms with Gasteiger partial charge in [0.25, 0.3) is 6.43 Å². The molecule has 0 aromatic heterocycles. The molecule has 0 aromatic carbocycles. The van der Waals surface area contributed by atoms with Crippen LogP contribution in [0.5, 0.6) is 0 Å². The maximum atomic E-state index is 12.8. The number of rotatable bonds is 4. The molecule has 2 atom stereocenters. The van der Waals surface area contributed by atoms with Crippen LogP contribution in [0.25, 0.3) is 0 Å². The van der Waals surface area contributed by atoms with Crippen LogP contribution in [-0.2, 0) is 4.79 Å². The van der Waals surface area contributed by atoms with E-state index in [1.807, 2.05) is 0 Å². The van der Waals surface area contributed by atoms with Crippen LogP contribution in [-0.4, -0.2) is 34.3 Å². The third-order valence-corrected chi connectivity index (χ3v) is 1.57. The average Bonchev–Trinajstić information content (AvgIpc) is 2.01. The Hall–Kier alpha value is -0.990. The summed E-state index contributed by atoms with van der Waals surface area (Å²) in [5.74, 6) is -8.12. The smallest absolute Gasteiger partial charge is 0.366 e. The third kappa shape index (κ3) is 1.63. The number of aliphatic carboxylic acids is 1. The molecule has 0 fully saturated rings. The van der Waals surface area contributed by atoms with Crippen molar-refractivity contribution in [1.29, 1.82) is 0 Å². The summed E-state index contributed by atoms with van der Waals surface area (Å²) >= 11 is 0. The fourth-order valence-corrected chi connectivity index (χ4v) is 0.591. The average molecular weight is 225 g/mol. The number of hydrogen-bond donors (Lipinski definition) is 1. The molecular weight excluding hydrogens is 220 g/mol. The molecule has 0 rings (SSSR count). The van der Waals surface area contributed by atoms with E-state index in [2.05, 4.69) is 0 Å². The summed E-state index contributed by atoms with van der Waals surface area (Å²) in [6.45, 7) is -0.266. The molecule has 84 valence electrons. The molecule has 14 heavy (non-hydrogen) atoms. The summed E-state index contributed by atoms with van der Waals surface area (Å²) in [7, 11) is 0. The molecule has 0 aliphatic carbocycles. The highest BCUT2D eigenvalue weighted by Crippen LogP contribution is 2.39. The minimum Gasteiger partial charge on any atom is -0.478 e. The van der Waals surface area contributed by atoms with Gasteiger partial charge in [-0.1, -0.05) is 8.96 Å². The molecule has 0 amide bonds. The van der Waals surface area contributed by atoms with Crippen molar-refractivity contribution in [2.24, 2.45) is 0 Å². The van der Waals surface area contributed by atoms with Gasteiger partial charge in [0.2, 0.25) is 5.67 Å². The maximum absolute atomic E-state index is 12.8. The van der Waals surface area contributed by atoms with Gasteiger partial charge in [-0.05, 0) is 6.92 Å². The van der Waals surface area contributed by atoms with E-state index in [0.717, 1.165) is 0 Å². The van der Waals surface area contributed by atoms with Gasteiger partial charge < -0.3 is 5.11 Å². The molecule has 0 aliphatic heterocycles. The third-order valence-electron chi connectivity index (χ3n) is 1.57. The Balaban J connectivity index is 5.32. The van der Waals surface area contributed by atoms with Crippen LogP contribution in [0, 0.1) is 0 Å². The Morgan fingerprint density at radius 3 is 1.79 bits per heavy atom. The summed E-state index contributed by atoms with van der Waals surface area (Å²) in [6.07, 6.45) is -4.21. The Labute approximate surface area is 73.8 Å². The van der Waals surface area contributed by atoms with Crippen molar-refractivity contribution in [3.05, 3.63) is 0 Å². The molecule has 0 saturated carbocycles. The van der Waals surface area contributed by atoms with Crippen molar-refractivity contribution >= 4 is 5.97 Å². The number of carboxylic acid groups (broad SMARTS) is 1. The van der Waals surface area contributed by atoms with Crippen LogP contribution in [0.15, 0.2) is 0 Å². The largest absolute Gasteiger partial charge is 0.478 e. The van der Waals surface area contributed by atoms with Crippen LogP contribution in [0.2, 0.25) is 0 Å². The minimum absolute atomic E-state index is 0.266.